The van der Waals surface area contributed by atoms with Crippen LogP contribution in [0.1, 0.15) is 31.2 Å². The van der Waals surface area contributed by atoms with Crippen LogP contribution in [-0.2, 0) is 16.0 Å². The fraction of sp³-hybridized carbons (Fsp3) is 0.579. The first kappa shape index (κ1) is 17.7. The maximum atomic E-state index is 12.3. The Labute approximate surface area is 149 Å². The summed E-state index contributed by atoms with van der Waals surface area (Å²) in [4.78, 5) is 27.9. The number of nitrogens with zero attached hydrogens (tertiary/aromatic N) is 2. The lowest BCUT2D eigenvalue weighted by Crippen LogP contribution is -2.34. The van der Waals surface area contributed by atoms with Crippen molar-refractivity contribution in [3.05, 3.63) is 23.8 Å². The molecule has 6 nitrogen and oxygen atoms in total. The van der Waals surface area contributed by atoms with Gasteiger partial charge in [0.15, 0.2) is 0 Å². The maximum absolute atomic E-state index is 12.3. The van der Waals surface area contributed by atoms with Crippen LogP contribution in [-0.4, -0.2) is 61.4 Å². The Hall–Kier alpha value is -2.08. The Balaban J connectivity index is 1.41. The number of nitrogens with one attached hydrogen (secondary N) is 1. The maximum Gasteiger partial charge on any atom is 0.224 e. The molecular weight excluding hydrogens is 318 g/mol. The molecule has 0 spiro atoms. The average Bonchev–Trinajstić information content (AvgIpc) is 2.83. The zero-order valence-electron chi connectivity index (χ0n) is 14.9. The molecule has 0 atom stereocenters. The van der Waals surface area contributed by atoms with Gasteiger partial charge in [0, 0.05) is 38.2 Å². The summed E-state index contributed by atoms with van der Waals surface area (Å²) in [5, 5.41) is 2.87. The van der Waals surface area contributed by atoms with E-state index >= 15 is 0 Å². The first-order chi connectivity index (χ1) is 12.1. The van der Waals surface area contributed by atoms with Crippen molar-refractivity contribution in [2.24, 2.45) is 0 Å². The van der Waals surface area contributed by atoms with Crippen molar-refractivity contribution in [2.75, 3.05) is 45.2 Å². The highest BCUT2D eigenvalue weighted by Gasteiger charge is 2.17. The second kappa shape index (κ2) is 8.34. The molecule has 3 rings (SSSR count). The average molecular weight is 345 g/mol. The molecule has 136 valence electrons. The number of carbonyl (C=O) groups excluding carboxylic acids is 2. The molecule has 2 aliphatic rings. The van der Waals surface area contributed by atoms with Gasteiger partial charge in [-0.2, -0.15) is 0 Å². The second-order valence-corrected chi connectivity index (χ2v) is 6.86. The predicted molar refractivity (Wildman–Crippen MR) is 96.8 cm³/mol. The van der Waals surface area contributed by atoms with Gasteiger partial charge in [0.25, 0.3) is 0 Å². The number of amides is 2. The molecule has 1 N–H and O–H groups in total. The van der Waals surface area contributed by atoms with E-state index in [1.54, 1.807) is 0 Å². The molecule has 0 unspecified atom stereocenters. The molecule has 1 aromatic rings. The Bertz CT molecular complexity index is 632. The summed E-state index contributed by atoms with van der Waals surface area (Å²) in [5.74, 6) is 1.10. The van der Waals surface area contributed by atoms with Crippen molar-refractivity contribution in [1.82, 2.24) is 9.80 Å². The molecule has 1 fully saturated rings. The van der Waals surface area contributed by atoms with Crippen LogP contribution in [0.3, 0.4) is 0 Å². The summed E-state index contributed by atoms with van der Waals surface area (Å²) in [6, 6.07) is 5.75. The smallest absolute Gasteiger partial charge is 0.224 e. The van der Waals surface area contributed by atoms with Gasteiger partial charge in [-0.25, -0.2) is 0 Å². The van der Waals surface area contributed by atoms with Gasteiger partial charge in [-0.1, -0.05) is 0 Å². The SMILES string of the molecule is CN1CCCN(C(=O)CCCOc2ccc3c(c2)CCC(=O)N3)CC1. The third-order valence-corrected chi connectivity index (χ3v) is 4.85. The van der Waals surface area contributed by atoms with Crippen molar-refractivity contribution >= 4 is 17.5 Å². The van der Waals surface area contributed by atoms with Gasteiger partial charge in [-0.3, -0.25) is 9.59 Å². The quantitative estimate of drug-likeness (QED) is 0.828. The van der Waals surface area contributed by atoms with Crippen LogP contribution in [0.5, 0.6) is 5.75 Å². The molecule has 0 bridgehead atoms. The van der Waals surface area contributed by atoms with Crippen LogP contribution in [0.15, 0.2) is 18.2 Å². The normalized spacial score (nSPS) is 18.3. The van der Waals surface area contributed by atoms with Crippen molar-refractivity contribution in [2.45, 2.75) is 32.1 Å². The van der Waals surface area contributed by atoms with Gasteiger partial charge < -0.3 is 19.9 Å². The number of aryl methyl sites for hydroxylation is 1. The largest absolute Gasteiger partial charge is 0.494 e. The molecular formula is C19H27N3O3. The predicted octanol–water partition coefficient (Wildman–Crippen LogP) is 1.89. The van der Waals surface area contributed by atoms with Gasteiger partial charge >= 0.3 is 0 Å². The van der Waals surface area contributed by atoms with Crippen LogP contribution < -0.4 is 10.1 Å². The first-order valence-corrected chi connectivity index (χ1v) is 9.14. The molecule has 0 aliphatic carbocycles. The Morgan fingerprint density at radius 1 is 1.20 bits per heavy atom. The van der Waals surface area contributed by atoms with Crippen LogP contribution in [0.4, 0.5) is 5.69 Å². The van der Waals surface area contributed by atoms with Crippen LogP contribution >= 0.6 is 0 Å². The Morgan fingerprint density at radius 2 is 2.08 bits per heavy atom. The molecule has 2 heterocycles. The minimum atomic E-state index is 0.0689. The zero-order valence-corrected chi connectivity index (χ0v) is 14.9. The van der Waals surface area contributed by atoms with Gasteiger partial charge in [0.2, 0.25) is 11.8 Å². The highest BCUT2D eigenvalue weighted by molar-refractivity contribution is 5.94. The Kier molecular flexibility index (Phi) is 5.91. The first-order valence-electron chi connectivity index (χ1n) is 9.14. The number of anilines is 1. The van der Waals surface area contributed by atoms with Crippen molar-refractivity contribution < 1.29 is 14.3 Å². The summed E-state index contributed by atoms with van der Waals surface area (Å²) < 4.78 is 5.79. The number of benzene rings is 1. The van der Waals surface area contributed by atoms with E-state index in [-0.39, 0.29) is 11.8 Å². The van der Waals surface area contributed by atoms with Crippen molar-refractivity contribution in [1.29, 1.82) is 0 Å². The van der Waals surface area contributed by atoms with Gasteiger partial charge in [0.1, 0.15) is 5.75 Å². The number of hydrogen-bond acceptors (Lipinski definition) is 4. The minimum absolute atomic E-state index is 0.0689. The summed E-state index contributed by atoms with van der Waals surface area (Å²) in [5.41, 5.74) is 1.99. The summed E-state index contributed by atoms with van der Waals surface area (Å²) in [6.45, 7) is 4.23. The Morgan fingerprint density at radius 3 is 2.96 bits per heavy atom. The fourth-order valence-electron chi connectivity index (χ4n) is 3.32. The van der Waals surface area contributed by atoms with E-state index in [0.29, 0.717) is 19.4 Å². The van der Waals surface area contributed by atoms with Gasteiger partial charge in [0.05, 0.1) is 6.61 Å². The van der Waals surface area contributed by atoms with E-state index in [9.17, 15) is 9.59 Å². The third kappa shape index (κ3) is 4.95. The molecule has 0 radical (unpaired) electrons. The topological polar surface area (TPSA) is 61.9 Å². The number of hydrogen-bond donors (Lipinski definition) is 1. The summed E-state index contributed by atoms with van der Waals surface area (Å²) >= 11 is 0. The van der Waals surface area contributed by atoms with E-state index in [1.165, 1.54) is 0 Å². The van der Waals surface area contributed by atoms with Crippen LogP contribution in [0.2, 0.25) is 0 Å². The lowest BCUT2D eigenvalue weighted by Gasteiger charge is -2.20. The molecule has 1 saturated heterocycles. The van der Waals surface area contributed by atoms with Crippen LogP contribution in [0.25, 0.3) is 0 Å². The third-order valence-electron chi connectivity index (χ3n) is 4.85. The lowest BCUT2D eigenvalue weighted by molar-refractivity contribution is -0.131. The standard InChI is InChI=1S/C19H27N3O3/c1-21-9-3-10-22(12-11-21)19(24)4-2-13-25-16-6-7-17-15(14-16)5-8-18(23)20-17/h6-7,14H,2-5,8-13H2,1H3,(H,20,23). The van der Waals surface area contributed by atoms with Gasteiger partial charge in [-0.15, -0.1) is 0 Å². The summed E-state index contributed by atoms with van der Waals surface area (Å²) in [7, 11) is 2.10. The number of fused-ring (bicyclic) bond motifs is 1. The summed E-state index contributed by atoms with van der Waals surface area (Å²) in [6.07, 6.45) is 3.57. The lowest BCUT2D eigenvalue weighted by atomic mass is 10.0. The molecule has 0 aromatic heterocycles. The van der Waals surface area contributed by atoms with Gasteiger partial charge in [-0.05, 0) is 56.6 Å². The number of carbonyl (C=O) groups is 2. The minimum Gasteiger partial charge on any atom is -0.494 e. The highest BCUT2D eigenvalue weighted by Crippen LogP contribution is 2.26. The number of likely N-dealkylation sites (N-methyl/N-ethyl adjacent to an activating group) is 1. The van der Waals surface area contributed by atoms with E-state index in [2.05, 4.69) is 17.3 Å². The zero-order chi connectivity index (χ0) is 17.6. The molecule has 6 heteroatoms. The van der Waals surface area contributed by atoms with Crippen molar-refractivity contribution in [3.8, 4) is 5.75 Å². The number of rotatable bonds is 5. The molecule has 2 aliphatic heterocycles. The fourth-order valence-corrected chi connectivity index (χ4v) is 3.32. The second-order valence-electron chi connectivity index (χ2n) is 6.86. The van der Waals surface area contributed by atoms with Crippen LogP contribution in [0, 0.1) is 0 Å². The van der Waals surface area contributed by atoms with E-state index in [1.807, 2.05) is 23.1 Å². The van der Waals surface area contributed by atoms with E-state index in [0.717, 1.165) is 62.4 Å². The highest BCUT2D eigenvalue weighted by atomic mass is 16.5. The van der Waals surface area contributed by atoms with E-state index in [4.69, 9.17) is 4.74 Å². The van der Waals surface area contributed by atoms with Crippen molar-refractivity contribution in [3.63, 3.8) is 0 Å². The molecule has 1 aromatic carbocycles. The van der Waals surface area contributed by atoms with E-state index < -0.39 is 0 Å². The molecule has 25 heavy (non-hydrogen) atoms. The molecule has 0 saturated carbocycles. The monoisotopic (exact) mass is 345 g/mol. The number of ether oxygens (including phenoxy) is 1. The molecule has 2 amide bonds.